The maximum Gasteiger partial charge on any atom is 0.271 e. The molecule has 1 fully saturated rings. The first kappa shape index (κ1) is 28.5. The summed E-state index contributed by atoms with van der Waals surface area (Å²) in [6, 6.07) is 20.8. The Morgan fingerprint density at radius 2 is 1.64 bits per heavy atom. The molecule has 42 heavy (non-hydrogen) atoms. The van der Waals surface area contributed by atoms with Crippen LogP contribution in [0.4, 0.5) is 23.1 Å². The fourth-order valence-corrected chi connectivity index (χ4v) is 5.27. The molecule has 11 heteroatoms. The number of nitro groups is 1. The summed E-state index contributed by atoms with van der Waals surface area (Å²) in [5, 5.41) is 21.4. The molecule has 0 bridgehead atoms. The van der Waals surface area contributed by atoms with Crippen molar-refractivity contribution in [3.05, 3.63) is 94.0 Å². The van der Waals surface area contributed by atoms with E-state index in [1.807, 2.05) is 43.3 Å². The van der Waals surface area contributed by atoms with E-state index in [9.17, 15) is 19.7 Å². The van der Waals surface area contributed by atoms with E-state index in [0.717, 1.165) is 42.4 Å². The van der Waals surface area contributed by atoms with E-state index in [-0.39, 0.29) is 30.1 Å². The van der Waals surface area contributed by atoms with Gasteiger partial charge in [0.25, 0.3) is 11.6 Å². The Morgan fingerprint density at radius 1 is 0.929 bits per heavy atom. The van der Waals surface area contributed by atoms with E-state index >= 15 is 0 Å². The molecule has 3 aromatic carbocycles. The lowest BCUT2D eigenvalue weighted by Crippen LogP contribution is -2.41. The van der Waals surface area contributed by atoms with Crippen LogP contribution in [-0.4, -0.2) is 52.9 Å². The number of nitro benzene ring substituents is 1. The second-order valence-corrected chi connectivity index (χ2v) is 10.6. The molecule has 1 aromatic heterocycles. The van der Waals surface area contributed by atoms with Crippen LogP contribution in [0.5, 0.6) is 0 Å². The van der Waals surface area contributed by atoms with Crippen LogP contribution in [0.25, 0.3) is 10.9 Å². The van der Waals surface area contributed by atoms with Crippen LogP contribution in [-0.2, 0) is 11.2 Å². The molecule has 0 saturated heterocycles. The molecule has 3 N–H and O–H groups in total. The van der Waals surface area contributed by atoms with Crippen LogP contribution in [0.1, 0.15) is 41.6 Å². The maximum atomic E-state index is 13.0. The van der Waals surface area contributed by atoms with E-state index in [1.165, 1.54) is 18.2 Å². The Balaban J connectivity index is 1.16. The SMILES string of the molecule is CN(C)c1nc(N[C@H]2CC[C@@H](NC(=O)Cc3ccccc3C(=O)Nc3cccc([N+](=O)[O-])c3)CC2)nc2ccccc12. The van der Waals surface area contributed by atoms with Crippen molar-refractivity contribution in [3.63, 3.8) is 0 Å². The molecule has 1 aliphatic rings. The van der Waals surface area contributed by atoms with Crippen molar-refractivity contribution < 1.29 is 14.5 Å². The first-order valence-corrected chi connectivity index (χ1v) is 13.9. The minimum Gasteiger partial charge on any atom is -0.362 e. The van der Waals surface area contributed by atoms with Crippen LogP contribution in [0.15, 0.2) is 72.8 Å². The van der Waals surface area contributed by atoms with Gasteiger partial charge in [-0.05, 0) is 55.5 Å². The smallest absolute Gasteiger partial charge is 0.271 e. The monoisotopic (exact) mass is 567 g/mol. The molecule has 1 heterocycles. The van der Waals surface area contributed by atoms with Crippen LogP contribution in [0.2, 0.25) is 0 Å². The van der Waals surface area contributed by atoms with Gasteiger partial charge in [0, 0.05) is 54.9 Å². The molecule has 216 valence electrons. The van der Waals surface area contributed by atoms with Crippen LogP contribution in [0, 0.1) is 10.1 Å². The minimum absolute atomic E-state index is 0.0382. The fourth-order valence-electron chi connectivity index (χ4n) is 5.27. The summed E-state index contributed by atoms with van der Waals surface area (Å²) >= 11 is 0. The zero-order valence-corrected chi connectivity index (χ0v) is 23.5. The summed E-state index contributed by atoms with van der Waals surface area (Å²) < 4.78 is 0. The zero-order valence-electron chi connectivity index (χ0n) is 23.5. The number of aromatic nitrogens is 2. The Kier molecular flexibility index (Phi) is 8.56. The lowest BCUT2D eigenvalue weighted by molar-refractivity contribution is -0.384. The summed E-state index contributed by atoms with van der Waals surface area (Å²) in [5.41, 5.74) is 2.01. The maximum absolute atomic E-state index is 13.0. The number of benzene rings is 3. The minimum atomic E-state index is -0.518. The predicted octanol–water partition coefficient (Wildman–Crippen LogP) is 4.94. The number of hydrogen-bond donors (Lipinski definition) is 3. The molecule has 4 aromatic rings. The number of anilines is 3. The first-order valence-electron chi connectivity index (χ1n) is 13.9. The highest BCUT2D eigenvalue weighted by molar-refractivity contribution is 6.06. The van der Waals surface area contributed by atoms with E-state index in [4.69, 9.17) is 9.97 Å². The van der Waals surface area contributed by atoms with Crippen LogP contribution in [0.3, 0.4) is 0 Å². The third kappa shape index (κ3) is 6.80. The van der Waals surface area contributed by atoms with Crippen LogP contribution >= 0.6 is 0 Å². The number of carbonyl (C=O) groups is 2. The summed E-state index contributed by atoms with van der Waals surface area (Å²) in [7, 11) is 3.93. The van der Waals surface area contributed by atoms with Gasteiger partial charge in [-0.1, -0.05) is 36.4 Å². The van der Waals surface area contributed by atoms with Gasteiger partial charge in [-0.15, -0.1) is 0 Å². The van der Waals surface area contributed by atoms with Gasteiger partial charge >= 0.3 is 0 Å². The van der Waals surface area contributed by atoms with Gasteiger partial charge in [-0.25, -0.2) is 4.98 Å². The van der Waals surface area contributed by atoms with Gasteiger partial charge in [0.1, 0.15) is 5.82 Å². The summed E-state index contributed by atoms with van der Waals surface area (Å²) in [5.74, 6) is 0.877. The van der Waals surface area contributed by atoms with Gasteiger partial charge in [-0.3, -0.25) is 19.7 Å². The number of nitrogens with zero attached hydrogens (tertiary/aromatic N) is 4. The lowest BCUT2D eigenvalue weighted by Gasteiger charge is -2.30. The number of rotatable bonds is 9. The topological polar surface area (TPSA) is 142 Å². The fraction of sp³-hybridized carbons (Fsp3) is 0.290. The molecule has 1 saturated carbocycles. The predicted molar refractivity (Wildman–Crippen MR) is 163 cm³/mol. The van der Waals surface area contributed by atoms with E-state index in [1.54, 1.807) is 30.3 Å². The number of amides is 2. The zero-order chi connectivity index (χ0) is 29.6. The molecule has 1 aliphatic carbocycles. The molecule has 5 rings (SSSR count). The number of fused-ring (bicyclic) bond motifs is 1. The highest BCUT2D eigenvalue weighted by Gasteiger charge is 2.24. The molecule has 0 radical (unpaired) electrons. The Labute approximate surface area is 243 Å². The van der Waals surface area contributed by atoms with Crippen LogP contribution < -0.4 is 20.9 Å². The molecular formula is C31H33N7O4. The van der Waals surface area contributed by atoms with Crippen molar-refractivity contribution in [2.24, 2.45) is 0 Å². The quantitative estimate of drug-likeness (QED) is 0.191. The standard InChI is InChI=1S/C31H33N7O4/c1-37(2)29-26-12-5-6-13-27(26)35-31(36-29)34-22-16-14-21(15-17-22)32-28(39)18-20-8-3-4-11-25(20)30(40)33-23-9-7-10-24(19-23)38(41)42/h3-13,19,21-22H,14-18H2,1-2H3,(H,32,39)(H,33,40)(H,34,35,36)/t21-,22+. The summed E-state index contributed by atoms with van der Waals surface area (Å²) in [6.07, 6.45) is 3.40. The molecule has 0 unspecified atom stereocenters. The highest BCUT2D eigenvalue weighted by atomic mass is 16.6. The number of hydrogen-bond acceptors (Lipinski definition) is 8. The van der Waals surface area contributed by atoms with Crippen molar-refractivity contribution in [3.8, 4) is 0 Å². The van der Waals surface area contributed by atoms with E-state index in [2.05, 4.69) is 16.0 Å². The van der Waals surface area contributed by atoms with E-state index in [0.29, 0.717) is 22.8 Å². The third-order valence-corrected chi connectivity index (χ3v) is 7.36. The largest absolute Gasteiger partial charge is 0.362 e. The molecular weight excluding hydrogens is 534 g/mol. The molecule has 0 spiro atoms. The van der Waals surface area contributed by atoms with Crippen molar-refractivity contribution in [2.45, 2.75) is 44.2 Å². The van der Waals surface area contributed by atoms with Crippen molar-refractivity contribution in [1.29, 1.82) is 0 Å². The Bertz CT molecular complexity index is 1620. The van der Waals surface area contributed by atoms with Gasteiger partial charge in [-0.2, -0.15) is 4.98 Å². The molecule has 11 nitrogen and oxygen atoms in total. The van der Waals surface area contributed by atoms with Gasteiger partial charge in [0.15, 0.2) is 0 Å². The van der Waals surface area contributed by atoms with Gasteiger partial charge in [0.05, 0.1) is 16.9 Å². The normalized spacial score (nSPS) is 16.4. The molecule has 0 aliphatic heterocycles. The van der Waals surface area contributed by atoms with E-state index < -0.39 is 10.8 Å². The Hall–Kier alpha value is -5.06. The third-order valence-electron chi connectivity index (χ3n) is 7.36. The summed E-state index contributed by atoms with van der Waals surface area (Å²) in [6.45, 7) is 0. The number of nitrogens with one attached hydrogen (secondary N) is 3. The number of para-hydroxylation sites is 1. The summed E-state index contributed by atoms with van der Waals surface area (Å²) in [4.78, 5) is 47.9. The number of non-ortho nitro benzene ring substituents is 1. The molecule has 0 atom stereocenters. The van der Waals surface area contributed by atoms with Crippen molar-refractivity contribution in [2.75, 3.05) is 29.6 Å². The van der Waals surface area contributed by atoms with Crippen molar-refractivity contribution in [1.82, 2.24) is 15.3 Å². The number of carbonyl (C=O) groups excluding carboxylic acids is 2. The van der Waals surface area contributed by atoms with Gasteiger partial charge in [0.2, 0.25) is 11.9 Å². The highest BCUT2D eigenvalue weighted by Crippen LogP contribution is 2.26. The Morgan fingerprint density at radius 3 is 2.40 bits per heavy atom. The van der Waals surface area contributed by atoms with Crippen molar-refractivity contribution >= 4 is 45.9 Å². The molecule has 2 amide bonds. The average Bonchev–Trinajstić information content (AvgIpc) is 2.98. The van der Waals surface area contributed by atoms with Gasteiger partial charge < -0.3 is 20.9 Å². The first-order chi connectivity index (χ1) is 20.3. The lowest BCUT2D eigenvalue weighted by atomic mass is 9.91. The second kappa shape index (κ2) is 12.6. The second-order valence-electron chi connectivity index (χ2n) is 10.6. The average molecular weight is 568 g/mol.